The second-order valence-electron chi connectivity index (χ2n) is 4.47. The minimum Gasteiger partial charge on any atom is -0.355 e. The third-order valence-corrected chi connectivity index (χ3v) is 3.00. The summed E-state index contributed by atoms with van der Waals surface area (Å²) in [5.41, 5.74) is 0.982. The van der Waals surface area contributed by atoms with Gasteiger partial charge in [0, 0.05) is 19.6 Å². The van der Waals surface area contributed by atoms with Gasteiger partial charge in [-0.05, 0) is 32.0 Å². The summed E-state index contributed by atoms with van der Waals surface area (Å²) in [5, 5.41) is 11.6. The smallest absolute Gasteiger partial charge is 0.151 e. The second-order valence-corrected chi connectivity index (χ2v) is 4.47. The SMILES string of the molecule is CCC(C)CN(CC)c1ccc(CNC)nn1. The molecule has 1 heterocycles. The number of anilines is 1. The van der Waals surface area contributed by atoms with Crippen molar-refractivity contribution < 1.29 is 0 Å². The number of rotatable bonds is 7. The van der Waals surface area contributed by atoms with Crippen LogP contribution in [0.5, 0.6) is 0 Å². The molecule has 0 fully saturated rings. The van der Waals surface area contributed by atoms with E-state index in [0.29, 0.717) is 5.92 Å². The summed E-state index contributed by atoms with van der Waals surface area (Å²) in [7, 11) is 1.91. The van der Waals surface area contributed by atoms with Crippen molar-refractivity contribution in [1.82, 2.24) is 15.5 Å². The van der Waals surface area contributed by atoms with Crippen LogP contribution in [-0.4, -0.2) is 30.3 Å². The van der Waals surface area contributed by atoms with Crippen LogP contribution in [0.2, 0.25) is 0 Å². The highest BCUT2D eigenvalue weighted by molar-refractivity contribution is 5.37. The molecule has 0 aliphatic carbocycles. The van der Waals surface area contributed by atoms with Gasteiger partial charge in [0.25, 0.3) is 0 Å². The minimum absolute atomic E-state index is 0.689. The topological polar surface area (TPSA) is 41.0 Å². The fraction of sp³-hybridized carbons (Fsp3) is 0.692. The normalized spacial score (nSPS) is 12.5. The lowest BCUT2D eigenvalue weighted by Gasteiger charge is -2.24. The molecule has 0 aliphatic rings. The molecule has 0 bridgehead atoms. The Morgan fingerprint density at radius 1 is 1.29 bits per heavy atom. The Hall–Kier alpha value is -1.16. The zero-order chi connectivity index (χ0) is 12.7. The van der Waals surface area contributed by atoms with Gasteiger partial charge in [-0.2, -0.15) is 5.10 Å². The van der Waals surface area contributed by atoms with Gasteiger partial charge in [0.05, 0.1) is 5.69 Å². The summed E-state index contributed by atoms with van der Waals surface area (Å²) >= 11 is 0. The first kappa shape index (κ1) is 13.9. The maximum Gasteiger partial charge on any atom is 0.151 e. The first-order chi connectivity index (χ1) is 8.21. The van der Waals surface area contributed by atoms with Crippen LogP contribution in [0, 0.1) is 5.92 Å². The molecule has 0 aliphatic heterocycles. The van der Waals surface area contributed by atoms with Gasteiger partial charge in [-0.25, -0.2) is 0 Å². The first-order valence-corrected chi connectivity index (χ1v) is 6.43. The lowest BCUT2D eigenvalue weighted by molar-refractivity contribution is 0.544. The van der Waals surface area contributed by atoms with Crippen molar-refractivity contribution in [2.75, 3.05) is 25.0 Å². The number of hydrogen-bond donors (Lipinski definition) is 1. The van der Waals surface area contributed by atoms with E-state index in [-0.39, 0.29) is 0 Å². The first-order valence-electron chi connectivity index (χ1n) is 6.43. The van der Waals surface area contributed by atoms with Gasteiger partial charge < -0.3 is 10.2 Å². The maximum absolute atomic E-state index is 4.29. The van der Waals surface area contributed by atoms with E-state index in [1.165, 1.54) is 6.42 Å². The molecule has 1 unspecified atom stereocenters. The molecule has 0 amide bonds. The van der Waals surface area contributed by atoms with E-state index in [1.54, 1.807) is 0 Å². The summed E-state index contributed by atoms with van der Waals surface area (Å²) in [4.78, 5) is 2.28. The number of nitrogens with zero attached hydrogens (tertiary/aromatic N) is 3. The van der Waals surface area contributed by atoms with Crippen LogP contribution in [0.3, 0.4) is 0 Å². The lowest BCUT2D eigenvalue weighted by atomic mass is 10.1. The predicted octanol–water partition coefficient (Wildman–Crippen LogP) is 2.07. The van der Waals surface area contributed by atoms with Crippen LogP contribution >= 0.6 is 0 Å². The van der Waals surface area contributed by atoms with Gasteiger partial charge in [0.2, 0.25) is 0 Å². The van der Waals surface area contributed by atoms with Gasteiger partial charge in [-0.1, -0.05) is 20.3 Å². The molecule has 17 heavy (non-hydrogen) atoms. The van der Waals surface area contributed by atoms with Crippen molar-refractivity contribution in [2.45, 2.75) is 33.7 Å². The second kappa shape index (κ2) is 7.22. The summed E-state index contributed by atoms with van der Waals surface area (Å²) in [6.45, 7) is 9.44. The Kier molecular flexibility index (Phi) is 5.91. The van der Waals surface area contributed by atoms with Crippen molar-refractivity contribution in [3.05, 3.63) is 17.8 Å². The summed E-state index contributed by atoms with van der Waals surface area (Å²) in [5.74, 6) is 1.67. The van der Waals surface area contributed by atoms with E-state index in [1.807, 2.05) is 13.1 Å². The van der Waals surface area contributed by atoms with E-state index in [0.717, 1.165) is 31.1 Å². The molecule has 0 spiro atoms. The Labute approximate surface area is 104 Å². The molecule has 4 heteroatoms. The molecule has 1 atom stereocenters. The van der Waals surface area contributed by atoms with Crippen LogP contribution in [0.15, 0.2) is 12.1 Å². The zero-order valence-electron chi connectivity index (χ0n) is 11.4. The quantitative estimate of drug-likeness (QED) is 0.787. The molecule has 0 saturated heterocycles. The number of aromatic nitrogens is 2. The fourth-order valence-corrected chi connectivity index (χ4v) is 1.69. The fourth-order valence-electron chi connectivity index (χ4n) is 1.69. The average Bonchev–Trinajstić information content (AvgIpc) is 2.37. The summed E-state index contributed by atoms with van der Waals surface area (Å²) in [6.07, 6.45) is 1.20. The van der Waals surface area contributed by atoms with E-state index >= 15 is 0 Å². The van der Waals surface area contributed by atoms with Crippen LogP contribution in [0.25, 0.3) is 0 Å². The third-order valence-electron chi connectivity index (χ3n) is 3.00. The molecule has 1 N–H and O–H groups in total. The molecular weight excluding hydrogens is 212 g/mol. The van der Waals surface area contributed by atoms with Gasteiger partial charge in [-0.3, -0.25) is 0 Å². The largest absolute Gasteiger partial charge is 0.355 e. The molecule has 1 aromatic heterocycles. The lowest BCUT2D eigenvalue weighted by Crippen LogP contribution is -2.29. The molecule has 0 saturated carbocycles. The maximum atomic E-state index is 4.29. The predicted molar refractivity (Wildman–Crippen MR) is 72.1 cm³/mol. The van der Waals surface area contributed by atoms with Crippen LogP contribution in [0.1, 0.15) is 32.9 Å². The van der Waals surface area contributed by atoms with Crippen LogP contribution in [-0.2, 0) is 6.54 Å². The van der Waals surface area contributed by atoms with Gasteiger partial charge in [0.15, 0.2) is 5.82 Å². The van der Waals surface area contributed by atoms with Crippen molar-refractivity contribution in [1.29, 1.82) is 0 Å². The van der Waals surface area contributed by atoms with Gasteiger partial charge >= 0.3 is 0 Å². The minimum atomic E-state index is 0.689. The Morgan fingerprint density at radius 2 is 2.06 bits per heavy atom. The Morgan fingerprint density at radius 3 is 2.53 bits per heavy atom. The van der Waals surface area contributed by atoms with Crippen molar-refractivity contribution in [3.8, 4) is 0 Å². The van der Waals surface area contributed by atoms with Crippen molar-refractivity contribution in [2.24, 2.45) is 5.92 Å². The van der Waals surface area contributed by atoms with E-state index in [4.69, 9.17) is 0 Å². The molecule has 0 aromatic carbocycles. The average molecular weight is 236 g/mol. The molecule has 1 aromatic rings. The molecule has 96 valence electrons. The standard InChI is InChI=1S/C13H24N4/c1-5-11(3)10-17(6-2)13-8-7-12(9-14-4)15-16-13/h7-8,11,14H,5-6,9-10H2,1-4H3. The summed E-state index contributed by atoms with van der Waals surface area (Å²) in [6, 6.07) is 4.10. The van der Waals surface area contributed by atoms with Gasteiger partial charge in [0.1, 0.15) is 0 Å². The molecule has 0 radical (unpaired) electrons. The van der Waals surface area contributed by atoms with E-state index in [2.05, 4.69) is 47.3 Å². The van der Waals surface area contributed by atoms with E-state index in [9.17, 15) is 0 Å². The number of hydrogen-bond acceptors (Lipinski definition) is 4. The summed E-state index contributed by atoms with van der Waals surface area (Å²) < 4.78 is 0. The zero-order valence-corrected chi connectivity index (χ0v) is 11.4. The molecule has 1 rings (SSSR count). The third kappa shape index (κ3) is 4.30. The highest BCUT2D eigenvalue weighted by Gasteiger charge is 2.09. The van der Waals surface area contributed by atoms with Gasteiger partial charge in [-0.15, -0.1) is 5.10 Å². The van der Waals surface area contributed by atoms with Crippen molar-refractivity contribution >= 4 is 5.82 Å². The molecular formula is C13H24N4. The highest BCUT2D eigenvalue weighted by atomic mass is 15.3. The van der Waals surface area contributed by atoms with Crippen LogP contribution < -0.4 is 10.2 Å². The monoisotopic (exact) mass is 236 g/mol. The Balaban J connectivity index is 2.68. The van der Waals surface area contributed by atoms with E-state index < -0.39 is 0 Å². The Bertz CT molecular complexity index is 310. The van der Waals surface area contributed by atoms with Crippen molar-refractivity contribution in [3.63, 3.8) is 0 Å². The highest BCUT2D eigenvalue weighted by Crippen LogP contribution is 2.13. The molecule has 4 nitrogen and oxygen atoms in total. The number of nitrogens with one attached hydrogen (secondary N) is 1. The van der Waals surface area contributed by atoms with Crippen LogP contribution in [0.4, 0.5) is 5.82 Å².